The van der Waals surface area contributed by atoms with Gasteiger partial charge in [0.25, 0.3) is 0 Å². The Balaban J connectivity index is 1.80. The highest BCUT2D eigenvalue weighted by Gasteiger charge is 1.98. The summed E-state index contributed by atoms with van der Waals surface area (Å²) in [5.74, 6) is 0. The third kappa shape index (κ3) is 3.56. The van der Waals surface area contributed by atoms with Crippen LogP contribution in [0.5, 0.6) is 0 Å². The van der Waals surface area contributed by atoms with Crippen LogP contribution in [0.3, 0.4) is 0 Å². The minimum absolute atomic E-state index is 0.701. The van der Waals surface area contributed by atoms with Gasteiger partial charge in [0.1, 0.15) is 0 Å². The first-order valence-electron chi connectivity index (χ1n) is 7.60. The van der Waals surface area contributed by atoms with Crippen molar-refractivity contribution in [2.75, 3.05) is 0 Å². The summed E-state index contributed by atoms with van der Waals surface area (Å²) in [5, 5.41) is 8.91. The number of rotatable bonds is 3. The van der Waals surface area contributed by atoms with E-state index in [-0.39, 0.29) is 0 Å². The Labute approximate surface area is 137 Å². The molecular weight excluding hydrogens is 278 g/mol. The first-order valence-corrected chi connectivity index (χ1v) is 7.60. The zero-order chi connectivity index (χ0) is 16.1. The minimum atomic E-state index is 0.701. The van der Waals surface area contributed by atoms with Gasteiger partial charge in [0, 0.05) is 0 Å². The molecule has 0 aliphatic carbocycles. The summed E-state index contributed by atoms with van der Waals surface area (Å²) in [6.07, 6.45) is 4.19. The van der Waals surface area contributed by atoms with Crippen molar-refractivity contribution in [1.82, 2.24) is 0 Å². The fourth-order valence-corrected chi connectivity index (χ4v) is 2.54. The number of nitrogens with zero attached hydrogens (tertiary/aromatic N) is 1. The van der Waals surface area contributed by atoms with Gasteiger partial charge in [-0.05, 0) is 46.9 Å². The number of hydrogen-bond donors (Lipinski definition) is 0. The Morgan fingerprint density at radius 2 is 1.48 bits per heavy atom. The quantitative estimate of drug-likeness (QED) is 0.568. The molecule has 0 spiro atoms. The highest BCUT2D eigenvalue weighted by Crippen LogP contribution is 2.20. The van der Waals surface area contributed by atoms with Gasteiger partial charge in [-0.3, -0.25) is 0 Å². The van der Waals surface area contributed by atoms with Crippen LogP contribution in [0.1, 0.15) is 22.3 Å². The number of benzene rings is 3. The summed E-state index contributed by atoms with van der Waals surface area (Å²) in [4.78, 5) is 0. The molecule has 3 rings (SSSR count). The molecule has 1 heteroatoms. The second kappa shape index (κ2) is 6.77. The van der Waals surface area contributed by atoms with Crippen LogP contribution in [0.25, 0.3) is 23.3 Å². The highest BCUT2D eigenvalue weighted by molar-refractivity contribution is 5.73. The Hall–Kier alpha value is -3.11. The van der Waals surface area contributed by atoms with Crippen LogP contribution < -0.4 is 0 Å². The van der Waals surface area contributed by atoms with Crippen molar-refractivity contribution < 1.29 is 0 Å². The number of aryl methyl sites for hydroxylation is 1. The molecule has 0 saturated heterocycles. The smallest absolute Gasteiger partial charge is 0.0991 e. The third-order valence-electron chi connectivity index (χ3n) is 3.87. The van der Waals surface area contributed by atoms with Gasteiger partial charge in [0.2, 0.25) is 0 Å². The van der Waals surface area contributed by atoms with Gasteiger partial charge in [-0.25, -0.2) is 0 Å². The lowest BCUT2D eigenvalue weighted by atomic mass is 10.0. The van der Waals surface area contributed by atoms with Crippen LogP contribution in [0.4, 0.5) is 0 Å². The molecule has 0 N–H and O–H groups in total. The molecule has 23 heavy (non-hydrogen) atoms. The maximum absolute atomic E-state index is 8.91. The first kappa shape index (κ1) is 14.8. The molecule has 0 bridgehead atoms. The van der Waals surface area contributed by atoms with E-state index in [1.165, 1.54) is 11.1 Å². The summed E-state index contributed by atoms with van der Waals surface area (Å²) in [6, 6.07) is 26.8. The third-order valence-corrected chi connectivity index (χ3v) is 3.87. The van der Waals surface area contributed by atoms with Gasteiger partial charge in [-0.15, -0.1) is 0 Å². The van der Waals surface area contributed by atoms with Crippen molar-refractivity contribution in [1.29, 1.82) is 5.26 Å². The van der Waals surface area contributed by atoms with Crippen molar-refractivity contribution >= 4 is 12.2 Å². The van der Waals surface area contributed by atoms with E-state index in [0.717, 1.165) is 16.7 Å². The normalized spacial score (nSPS) is 10.6. The number of hydrogen-bond acceptors (Lipinski definition) is 1. The molecule has 0 amide bonds. The van der Waals surface area contributed by atoms with E-state index in [0.29, 0.717) is 5.56 Å². The summed E-state index contributed by atoms with van der Waals surface area (Å²) < 4.78 is 0. The lowest BCUT2D eigenvalue weighted by Crippen LogP contribution is -1.83. The fraction of sp³-hybridized carbons (Fsp3) is 0.0455. The van der Waals surface area contributed by atoms with Gasteiger partial charge in [0.05, 0.1) is 11.6 Å². The van der Waals surface area contributed by atoms with Crippen LogP contribution in [0, 0.1) is 18.3 Å². The Morgan fingerprint density at radius 3 is 2.13 bits per heavy atom. The Morgan fingerprint density at radius 1 is 0.783 bits per heavy atom. The van der Waals surface area contributed by atoms with Gasteiger partial charge < -0.3 is 0 Å². The average molecular weight is 295 g/mol. The molecule has 0 aliphatic rings. The van der Waals surface area contributed by atoms with E-state index in [9.17, 15) is 0 Å². The molecular formula is C22H17N. The summed E-state index contributed by atoms with van der Waals surface area (Å²) in [5.41, 5.74) is 6.56. The van der Waals surface area contributed by atoms with Crippen molar-refractivity contribution in [3.63, 3.8) is 0 Å². The first-order chi connectivity index (χ1) is 11.3. The standard InChI is InChI=1S/C22H17N/c1-17-15-19(16-23)10-12-20(17)11-7-18-8-13-22(14-9-18)21-5-3-2-4-6-21/h2-15H,1H3/b11-7+. The largest absolute Gasteiger partial charge is 0.192 e. The lowest BCUT2D eigenvalue weighted by molar-refractivity contribution is 1.40. The molecule has 3 aromatic rings. The lowest BCUT2D eigenvalue weighted by Gasteiger charge is -2.03. The van der Waals surface area contributed by atoms with Crippen molar-refractivity contribution in [3.05, 3.63) is 95.1 Å². The van der Waals surface area contributed by atoms with E-state index >= 15 is 0 Å². The Bertz CT molecular complexity index is 866. The highest BCUT2D eigenvalue weighted by atomic mass is 14.2. The van der Waals surface area contributed by atoms with Crippen LogP contribution in [-0.2, 0) is 0 Å². The van der Waals surface area contributed by atoms with Gasteiger partial charge in [0.15, 0.2) is 0 Å². The molecule has 0 radical (unpaired) electrons. The molecule has 110 valence electrons. The average Bonchev–Trinajstić information content (AvgIpc) is 2.62. The zero-order valence-corrected chi connectivity index (χ0v) is 13.0. The maximum Gasteiger partial charge on any atom is 0.0991 e. The van der Waals surface area contributed by atoms with E-state index in [4.69, 9.17) is 5.26 Å². The predicted molar refractivity (Wildman–Crippen MR) is 96.7 cm³/mol. The van der Waals surface area contributed by atoms with E-state index in [1.54, 1.807) is 0 Å². The van der Waals surface area contributed by atoms with Crippen molar-refractivity contribution in [2.24, 2.45) is 0 Å². The molecule has 0 heterocycles. The monoisotopic (exact) mass is 295 g/mol. The second-order valence-electron chi connectivity index (χ2n) is 5.50. The summed E-state index contributed by atoms with van der Waals surface area (Å²) in [7, 11) is 0. The zero-order valence-electron chi connectivity index (χ0n) is 13.0. The summed E-state index contributed by atoms with van der Waals surface area (Å²) in [6.45, 7) is 2.03. The predicted octanol–water partition coefficient (Wildman–Crippen LogP) is 5.70. The maximum atomic E-state index is 8.91. The molecule has 0 unspecified atom stereocenters. The van der Waals surface area contributed by atoms with E-state index in [2.05, 4.69) is 66.8 Å². The second-order valence-corrected chi connectivity index (χ2v) is 5.50. The molecule has 0 saturated carbocycles. The Kier molecular flexibility index (Phi) is 4.36. The number of nitriles is 1. The molecule has 0 aromatic heterocycles. The topological polar surface area (TPSA) is 23.8 Å². The van der Waals surface area contributed by atoms with Crippen molar-refractivity contribution in [3.8, 4) is 17.2 Å². The molecule has 1 nitrogen and oxygen atoms in total. The van der Waals surface area contributed by atoms with E-state index in [1.807, 2.05) is 31.2 Å². The van der Waals surface area contributed by atoms with Gasteiger partial charge in [-0.1, -0.05) is 72.8 Å². The van der Waals surface area contributed by atoms with E-state index < -0.39 is 0 Å². The SMILES string of the molecule is Cc1cc(C#N)ccc1/C=C/c1ccc(-c2ccccc2)cc1. The molecule has 0 atom stereocenters. The molecule has 3 aromatic carbocycles. The summed E-state index contributed by atoms with van der Waals surface area (Å²) >= 11 is 0. The fourth-order valence-electron chi connectivity index (χ4n) is 2.54. The molecule has 0 aliphatic heterocycles. The minimum Gasteiger partial charge on any atom is -0.192 e. The van der Waals surface area contributed by atoms with Crippen LogP contribution >= 0.6 is 0 Å². The molecule has 0 fully saturated rings. The van der Waals surface area contributed by atoms with Crippen LogP contribution in [0.15, 0.2) is 72.8 Å². The van der Waals surface area contributed by atoms with Gasteiger partial charge >= 0.3 is 0 Å². The van der Waals surface area contributed by atoms with Crippen LogP contribution in [-0.4, -0.2) is 0 Å². The van der Waals surface area contributed by atoms with Crippen molar-refractivity contribution in [2.45, 2.75) is 6.92 Å². The van der Waals surface area contributed by atoms with Gasteiger partial charge in [-0.2, -0.15) is 5.26 Å². The van der Waals surface area contributed by atoms with Crippen LogP contribution in [0.2, 0.25) is 0 Å².